The first-order valence-corrected chi connectivity index (χ1v) is 4.70. The van der Waals surface area contributed by atoms with Crippen LogP contribution < -0.4 is 0 Å². The molecule has 1 aromatic rings. The number of imidazole rings is 1. The largest absolute Gasteiger partial charge is 0.321 e. The molecule has 1 aliphatic rings. The molecule has 4 nitrogen and oxygen atoms in total. The molecule has 70 valence electrons. The summed E-state index contributed by atoms with van der Waals surface area (Å²) in [6.45, 7) is 0.831. The van der Waals surface area contributed by atoms with Crippen LogP contribution in [0.4, 0.5) is 0 Å². The van der Waals surface area contributed by atoms with Gasteiger partial charge >= 0.3 is 0 Å². The monoisotopic (exact) mass is 186 g/mol. The first kappa shape index (κ1) is 8.77. The fourth-order valence-electron chi connectivity index (χ4n) is 1.67. The number of hydrogen-bond donors (Lipinski definition) is 0. The summed E-state index contributed by atoms with van der Waals surface area (Å²) in [5.41, 5.74) is 0.645. The molecule has 0 unspecified atom stereocenters. The highest BCUT2D eigenvalue weighted by molar-refractivity contribution is 5.36. The van der Waals surface area contributed by atoms with Crippen LogP contribution in [0.25, 0.3) is 0 Å². The Morgan fingerprint density at radius 2 is 2.21 bits per heavy atom. The second-order valence-corrected chi connectivity index (χ2v) is 3.61. The van der Waals surface area contributed by atoms with Gasteiger partial charge in [-0.3, -0.25) is 0 Å². The summed E-state index contributed by atoms with van der Waals surface area (Å²) in [6.07, 6.45) is 5.33. The molecule has 4 heteroatoms. The highest BCUT2D eigenvalue weighted by Gasteiger charge is 2.20. The van der Waals surface area contributed by atoms with Crippen LogP contribution >= 0.6 is 0 Å². The first-order valence-electron chi connectivity index (χ1n) is 4.70. The summed E-state index contributed by atoms with van der Waals surface area (Å²) in [5, 5.41) is 17.6. The lowest BCUT2D eigenvalue weighted by atomic mass is 9.85. The molecule has 1 aliphatic carbocycles. The molecule has 0 spiro atoms. The van der Waals surface area contributed by atoms with E-state index in [0.717, 1.165) is 6.54 Å². The number of nitrogens with zero attached hydrogens (tertiary/aromatic N) is 4. The predicted octanol–water partition coefficient (Wildman–Crippen LogP) is 1.43. The molecule has 0 bridgehead atoms. The van der Waals surface area contributed by atoms with Gasteiger partial charge in [0, 0.05) is 6.54 Å². The lowest BCUT2D eigenvalue weighted by Crippen LogP contribution is -2.18. The lowest BCUT2D eigenvalue weighted by molar-refractivity contribution is 0.276. The minimum absolute atomic E-state index is 0.242. The topological polar surface area (TPSA) is 65.4 Å². The van der Waals surface area contributed by atoms with E-state index in [-0.39, 0.29) is 5.69 Å². The molecule has 0 aromatic carbocycles. The highest BCUT2D eigenvalue weighted by atomic mass is 15.1. The second kappa shape index (κ2) is 3.51. The Morgan fingerprint density at radius 1 is 1.43 bits per heavy atom. The third-order valence-corrected chi connectivity index (χ3v) is 2.73. The van der Waals surface area contributed by atoms with Crippen molar-refractivity contribution in [3.05, 3.63) is 17.7 Å². The van der Waals surface area contributed by atoms with Crippen molar-refractivity contribution in [1.82, 2.24) is 9.55 Å². The van der Waals surface area contributed by atoms with Crippen molar-refractivity contribution >= 4 is 0 Å². The van der Waals surface area contributed by atoms with Gasteiger partial charge in [0.05, 0.1) is 6.33 Å². The highest BCUT2D eigenvalue weighted by Crippen LogP contribution is 2.28. The maximum atomic E-state index is 8.86. The summed E-state index contributed by atoms with van der Waals surface area (Å²) >= 11 is 0. The fraction of sp³-hybridized carbons (Fsp3) is 0.500. The molecule has 14 heavy (non-hydrogen) atoms. The van der Waals surface area contributed by atoms with Crippen LogP contribution in [0, 0.1) is 28.6 Å². The minimum Gasteiger partial charge on any atom is -0.321 e. The van der Waals surface area contributed by atoms with E-state index in [0.29, 0.717) is 11.6 Å². The van der Waals surface area contributed by atoms with Crippen LogP contribution in [0.15, 0.2) is 6.33 Å². The molecule has 0 aliphatic heterocycles. The lowest BCUT2D eigenvalue weighted by Gasteiger charge is -2.25. The van der Waals surface area contributed by atoms with Gasteiger partial charge in [-0.05, 0) is 18.8 Å². The van der Waals surface area contributed by atoms with Crippen LogP contribution in [0.2, 0.25) is 0 Å². The summed E-state index contributed by atoms with van der Waals surface area (Å²) < 4.78 is 1.79. The molecule has 0 amide bonds. The Hall–Kier alpha value is -1.81. The molecule has 0 N–H and O–H groups in total. The van der Waals surface area contributed by atoms with Gasteiger partial charge < -0.3 is 4.57 Å². The number of rotatable bonds is 2. The molecule has 0 saturated heterocycles. The van der Waals surface area contributed by atoms with E-state index < -0.39 is 0 Å². The van der Waals surface area contributed by atoms with E-state index >= 15 is 0 Å². The zero-order valence-electron chi connectivity index (χ0n) is 7.77. The Labute approximate surface area is 82.4 Å². The molecule has 1 saturated carbocycles. The number of nitriles is 2. The summed E-state index contributed by atoms with van der Waals surface area (Å²) in [6, 6.07) is 3.95. The zero-order chi connectivity index (χ0) is 9.97. The molecule has 2 rings (SSSR count). The maximum absolute atomic E-state index is 8.86. The van der Waals surface area contributed by atoms with Crippen LogP contribution in [0.5, 0.6) is 0 Å². The molecular formula is C10H10N4. The standard InChI is InChI=1S/C10H10N4/c11-4-9-10(5-12)14(7-13-9)6-8-2-1-3-8/h7-8H,1-3,6H2. The number of hydrogen-bond acceptors (Lipinski definition) is 3. The van der Waals surface area contributed by atoms with Crippen molar-refractivity contribution in [3.63, 3.8) is 0 Å². The van der Waals surface area contributed by atoms with Crippen LogP contribution in [-0.2, 0) is 6.54 Å². The molecule has 1 aromatic heterocycles. The molecule has 0 atom stereocenters. The van der Waals surface area contributed by atoms with Crippen molar-refractivity contribution in [2.75, 3.05) is 0 Å². The SMILES string of the molecule is N#Cc1ncn(CC2CCC2)c1C#N. The van der Waals surface area contributed by atoms with Crippen LogP contribution in [0.1, 0.15) is 30.7 Å². The smallest absolute Gasteiger partial charge is 0.176 e. The Balaban J connectivity index is 2.21. The average molecular weight is 186 g/mol. The summed E-state index contributed by atoms with van der Waals surface area (Å²) in [5.74, 6) is 0.669. The van der Waals surface area contributed by atoms with E-state index in [1.54, 1.807) is 10.9 Å². The summed E-state index contributed by atoms with van der Waals surface area (Å²) in [4.78, 5) is 3.90. The van der Waals surface area contributed by atoms with Crippen molar-refractivity contribution in [3.8, 4) is 12.1 Å². The van der Waals surface area contributed by atoms with Gasteiger partial charge in [0.1, 0.15) is 12.1 Å². The van der Waals surface area contributed by atoms with Crippen LogP contribution in [-0.4, -0.2) is 9.55 Å². The third-order valence-electron chi connectivity index (χ3n) is 2.73. The Bertz CT molecular complexity index is 414. The minimum atomic E-state index is 0.242. The van der Waals surface area contributed by atoms with Gasteiger partial charge in [-0.15, -0.1) is 0 Å². The van der Waals surface area contributed by atoms with E-state index in [1.165, 1.54) is 19.3 Å². The van der Waals surface area contributed by atoms with Gasteiger partial charge in [-0.2, -0.15) is 10.5 Å². The van der Waals surface area contributed by atoms with Crippen LogP contribution in [0.3, 0.4) is 0 Å². The van der Waals surface area contributed by atoms with E-state index in [4.69, 9.17) is 10.5 Å². The van der Waals surface area contributed by atoms with Gasteiger partial charge in [-0.1, -0.05) is 6.42 Å². The molecule has 0 radical (unpaired) electrons. The van der Waals surface area contributed by atoms with Crippen molar-refractivity contribution in [2.24, 2.45) is 5.92 Å². The second-order valence-electron chi connectivity index (χ2n) is 3.61. The van der Waals surface area contributed by atoms with E-state index in [1.807, 2.05) is 12.1 Å². The van der Waals surface area contributed by atoms with Crippen molar-refractivity contribution in [2.45, 2.75) is 25.8 Å². The van der Waals surface area contributed by atoms with Gasteiger partial charge in [-0.25, -0.2) is 4.98 Å². The van der Waals surface area contributed by atoms with Crippen molar-refractivity contribution < 1.29 is 0 Å². The number of aromatic nitrogens is 2. The predicted molar refractivity (Wildman–Crippen MR) is 49.0 cm³/mol. The Morgan fingerprint density at radius 3 is 2.71 bits per heavy atom. The normalized spacial score (nSPS) is 15.6. The molecule has 1 heterocycles. The molecule has 1 fully saturated rings. The quantitative estimate of drug-likeness (QED) is 0.701. The average Bonchev–Trinajstić information content (AvgIpc) is 2.53. The van der Waals surface area contributed by atoms with Crippen molar-refractivity contribution in [1.29, 1.82) is 10.5 Å². The van der Waals surface area contributed by atoms with Gasteiger partial charge in [0.2, 0.25) is 0 Å². The molecular weight excluding hydrogens is 176 g/mol. The zero-order valence-corrected chi connectivity index (χ0v) is 7.77. The maximum Gasteiger partial charge on any atom is 0.176 e. The third kappa shape index (κ3) is 1.36. The van der Waals surface area contributed by atoms with E-state index in [2.05, 4.69) is 4.98 Å². The first-order chi connectivity index (χ1) is 6.85. The van der Waals surface area contributed by atoms with E-state index in [9.17, 15) is 0 Å². The fourth-order valence-corrected chi connectivity index (χ4v) is 1.67. The summed E-state index contributed by atoms with van der Waals surface area (Å²) in [7, 11) is 0. The van der Waals surface area contributed by atoms with Gasteiger partial charge in [0.25, 0.3) is 0 Å². The Kier molecular flexibility index (Phi) is 2.20. The van der Waals surface area contributed by atoms with Gasteiger partial charge in [0.15, 0.2) is 11.4 Å².